The van der Waals surface area contributed by atoms with Gasteiger partial charge in [-0.1, -0.05) is 12.1 Å². The van der Waals surface area contributed by atoms with Crippen LogP contribution in [0, 0.1) is 17.2 Å². The molecule has 0 radical (unpaired) electrons. The molecule has 1 N–H and O–H groups in total. The van der Waals surface area contributed by atoms with Crippen molar-refractivity contribution in [1.82, 2.24) is 4.90 Å². The van der Waals surface area contributed by atoms with Crippen molar-refractivity contribution in [3.63, 3.8) is 0 Å². The SMILES string of the molecule is COCCN1C(=O)CC(C(=O)O)C1c1cccc(C#N)c1. The van der Waals surface area contributed by atoms with Crippen LogP contribution in [-0.2, 0) is 14.3 Å². The van der Waals surface area contributed by atoms with Gasteiger partial charge in [0, 0.05) is 20.1 Å². The highest BCUT2D eigenvalue weighted by molar-refractivity contribution is 5.87. The molecule has 6 heteroatoms. The van der Waals surface area contributed by atoms with Crippen LogP contribution >= 0.6 is 0 Å². The van der Waals surface area contributed by atoms with Crippen LogP contribution in [0.4, 0.5) is 0 Å². The number of hydrogen-bond acceptors (Lipinski definition) is 4. The molecule has 2 unspecified atom stereocenters. The second-order valence-electron chi connectivity index (χ2n) is 4.91. The van der Waals surface area contributed by atoms with Crippen molar-refractivity contribution in [2.24, 2.45) is 5.92 Å². The summed E-state index contributed by atoms with van der Waals surface area (Å²) in [4.78, 5) is 25.0. The lowest BCUT2D eigenvalue weighted by molar-refractivity contribution is -0.142. The monoisotopic (exact) mass is 288 g/mol. The third-order valence-corrected chi connectivity index (χ3v) is 3.64. The Labute approximate surface area is 122 Å². The van der Waals surface area contributed by atoms with Crippen molar-refractivity contribution in [3.05, 3.63) is 35.4 Å². The number of nitrogens with zero attached hydrogens (tertiary/aromatic N) is 2. The van der Waals surface area contributed by atoms with E-state index < -0.39 is 17.9 Å². The average molecular weight is 288 g/mol. The largest absolute Gasteiger partial charge is 0.481 e. The van der Waals surface area contributed by atoms with Gasteiger partial charge in [0.2, 0.25) is 5.91 Å². The van der Waals surface area contributed by atoms with E-state index in [1.807, 2.05) is 6.07 Å². The first-order valence-electron chi connectivity index (χ1n) is 6.59. The number of carbonyl (C=O) groups excluding carboxylic acids is 1. The summed E-state index contributed by atoms with van der Waals surface area (Å²) in [6.07, 6.45) is -0.0273. The number of methoxy groups -OCH3 is 1. The van der Waals surface area contributed by atoms with E-state index in [1.54, 1.807) is 24.3 Å². The highest BCUT2D eigenvalue weighted by Gasteiger charge is 2.44. The van der Waals surface area contributed by atoms with Crippen molar-refractivity contribution >= 4 is 11.9 Å². The minimum atomic E-state index is -1.00. The Bertz CT molecular complexity index is 594. The summed E-state index contributed by atoms with van der Waals surface area (Å²) in [6, 6.07) is 8.21. The van der Waals surface area contributed by atoms with E-state index in [9.17, 15) is 14.7 Å². The number of benzene rings is 1. The zero-order chi connectivity index (χ0) is 15.4. The number of carbonyl (C=O) groups is 2. The summed E-state index contributed by atoms with van der Waals surface area (Å²) in [5.74, 6) is -2.01. The number of nitriles is 1. The molecule has 1 aromatic rings. The molecule has 1 fully saturated rings. The van der Waals surface area contributed by atoms with Crippen LogP contribution in [-0.4, -0.2) is 42.1 Å². The van der Waals surface area contributed by atoms with Gasteiger partial charge in [-0.15, -0.1) is 0 Å². The molecule has 1 saturated heterocycles. The Balaban J connectivity index is 2.38. The van der Waals surface area contributed by atoms with Gasteiger partial charge in [0.15, 0.2) is 0 Å². The zero-order valence-electron chi connectivity index (χ0n) is 11.7. The summed E-state index contributed by atoms with van der Waals surface area (Å²) in [6.45, 7) is 0.674. The quantitative estimate of drug-likeness (QED) is 0.878. The molecule has 0 aliphatic carbocycles. The van der Waals surface area contributed by atoms with Gasteiger partial charge in [0.05, 0.1) is 30.2 Å². The van der Waals surface area contributed by atoms with Crippen molar-refractivity contribution in [1.29, 1.82) is 5.26 Å². The minimum absolute atomic E-state index is 0.0273. The van der Waals surface area contributed by atoms with Gasteiger partial charge in [-0.05, 0) is 17.7 Å². The number of carboxylic acids is 1. The lowest BCUT2D eigenvalue weighted by Crippen LogP contribution is -2.33. The number of rotatable bonds is 5. The molecule has 1 aliphatic rings. The van der Waals surface area contributed by atoms with Crippen molar-refractivity contribution in [3.8, 4) is 6.07 Å². The Morgan fingerprint density at radius 3 is 2.95 bits per heavy atom. The average Bonchev–Trinajstić information content (AvgIpc) is 2.82. The fraction of sp³-hybridized carbons (Fsp3) is 0.400. The van der Waals surface area contributed by atoms with Crippen molar-refractivity contribution in [2.75, 3.05) is 20.3 Å². The van der Waals surface area contributed by atoms with Gasteiger partial charge < -0.3 is 14.7 Å². The van der Waals surface area contributed by atoms with E-state index in [2.05, 4.69) is 0 Å². The summed E-state index contributed by atoms with van der Waals surface area (Å²) < 4.78 is 4.98. The maximum Gasteiger partial charge on any atom is 0.309 e. The minimum Gasteiger partial charge on any atom is -0.481 e. The summed E-state index contributed by atoms with van der Waals surface area (Å²) in [5.41, 5.74) is 1.12. The van der Waals surface area contributed by atoms with Gasteiger partial charge in [-0.25, -0.2) is 0 Å². The number of ether oxygens (including phenoxy) is 1. The van der Waals surface area contributed by atoms with Crippen LogP contribution in [0.25, 0.3) is 0 Å². The van der Waals surface area contributed by atoms with Crippen LogP contribution in [0.15, 0.2) is 24.3 Å². The Hall–Kier alpha value is -2.39. The third kappa shape index (κ3) is 3.03. The molecule has 2 rings (SSSR count). The Morgan fingerprint density at radius 1 is 1.57 bits per heavy atom. The van der Waals surface area contributed by atoms with Crippen molar-refractivity contribution in [2.45, 2.75) is 12.5 Å². The molecule has 1 aliphatic heterocycles. The third-order valence-electron chi connectivity index (χ3n) is 3.64. The topological polar surface area (TPSA) is 90.6 Å². The van der Waals surface area contributed by atoms with E-state index in [4.69, 9.17) is 10.00 Å². The number of aliphatic carboxylic acids is 1. The summed E-state index contributed by atoms with van der Waals surface area (Å²) >= 11 is 0. The molecule has 21 heavy (non-hydrogen) atoms. The molecule has 0 aromatic heterocycles. The molecule has 110 valence electrons. The molecule has 2 atom stereocenters. The predicted octanol–water partition coefficient (Wildman–Crippen LogP) is 1.18. The predicted molar refractivity (Wildman–Crippen MR) is 73.2 cm³/mol. The summed E-state index contributed by atoms with van der Waals surface area (Å²) in [7, 11) is 1.53. The number of amides is 1. The molecule has 1 amide bonds. The fourth-order valence-corrected chi connectivity index (χ4v) is 2.67. The Morgan fingerprint density at radius 2 is 2.33 bits per heavy atom. The smallest absolute Gasteiger partial charge is 0.309 e. The molecule has 6 nitrogen and oxygen atoms in total. The van der Waals surface area contributed by atoms with E-state index in [0.717, 1.165) is 0 Å². The van der Waals surface area contributed by atoms with Crippen LogP contribution in [0.5, 0.6) is 0 Å². The van der Waals surface area contributed by atoms with Crippen LogP contribution in [0.2, 0.25) is 0 Å². The van der Waals surface area contributed by atoms with E-state index in [1.165, 1.54) is 12.0 Å². The standard InChI is InChI=1S/C15H16N2O4/c1-21-6-5-17-13(18)8-12(15(19)20)14(17)11-4-2-3-10(7-11)9-16/h2-4,7,12,14H,5-6,8H2,1H3,(H,19,20). The molecule has 0 saturated carbocycles. The molecule has 1 heterocycles. The van der Waals surface area contributed by atoms with Crippen LogP contribution in [0.3, 0.4) is 0 Å². The maximum atomic E-state index is 12.1. The van der Waals surface area contributed by atoms with Crippen LogP contribution < -0.4 is 0 Å². The lowest BCUT2D eigenvalue weighted by atomic mass is 9.93. The normalized spacial score (nSPS) is 21.3. The van der Waals surface area contributed by atoms with E-state index >= 15 is 0 Å². The van der Waals surface area contributed by atoms with E-state index in [0.29, 0.717) is 24.3 Å². The first-order valence-corrected chi connectivity index (χ1v) is 6.59. The van der Waals surface area contributed by atoms with Crippen molar-refractivity contribution < 1.29 is 19.4 Å². The van der Waals surface area contributed by atoms with Gasteiger partial charge in [0.25, 0.3) is 0 Å². The molecule has 1 aromatic carbocycles. The maximum absolute atomic E-state index is 12.1. The molecular formula is C15H16N2O4. The van der Waals surface area contributed by atoms with Gasteiger partial charge in [0.1, 0.15) is 0 Å². The second kappa shape index (κ2) is 6.37. The number of carboxylic acid groups (broad SMARTS) is 1. The van der Waals surface area contributed by atoms with Crippen LogP contribution in [0.1, 0.15) is 23.6 Å². The number of likely N-dealkylation sites (tertiary alicyclic amines) is 1. The van der Waals surface area contributed by atoms with E-state index in [-0.39, 0.29) is 12.3 Å². The van der Waals surface area contributed by atoms with Gasteiger partial charge in [-0.3, -0.25) is 9.59 Å². The highest BCUT2D eigenvalue weighted by Crippen LogP contribution is 2.38. The fourth-order valence-electron chi connectivity index (χ4n) is 2.67. The van der Waals surface area contributed by atoms with Gasteiger partial charge in [-0.2, -0.15) is 5.26 Å². The lowest BCUT2D eigenvalue weighted by Gasteiger charge is -2.27. The molecule has 0 spiro atoms. The zero-order valence-corrected chi connectivity index (χ0v) is 11.7. The summed E-state index contributed by atoms with van der Waals surface area (Å²) in [5, 5.41) is 18.3. The Kier molecular flexibility index (Phi) is 4.55. The first-order chi connectivity index (χ1) is 10.1. The van der Waals surface area contributed by atoms with Gasteiger partial charge >= 0.3 is 5.97 Å². The number of hydrogen-bond donors (Lipinski definition) is 1. The first kappa shape index (κ1) is 15.0. The molecule has 0 bridgehead atoms. The molecular weight excluding hydrogens is 272 g/mol. The second-order valence-corrected chi connectivity index (χ2v) is 4.91. The highest BCUT2D eigenvalue weighted by atomic mass is 16.5.